The third kappa shape index (κ3) is 3.84. The van der Waals surface area contributed by atoms with E-state index in [-0.39, 0.29) is 0 Å². The fourth-order valence-corrected chi connectivity index (χ4v) is 3.47. The average molecular weight is 353 g/mol. The summed E-state index contributed by atoms with van der Waals surface area (Å²) >= 11 is 0. The first-order chi connectivity index (χ1) is 12.8. The second-order valence-corrected chi connectivity index (χ2v) is 6.63. The van der Waals surface area contributed by atoms with Gasteiger partial charge in [0.2, 0.25) is 0 Å². The summed E-state index contributed by atoms with van der Waals surface area (Å²) in [6.45, 7) is 4.20. The van der Waals surface area contributed by atoms with Crippen molar-refractivity contribution in [1.82, 2.24) is 24.3 Å². The Labute approximate surface area is 152 Å². The van der Waals surface area contributed by atoms with Crippen LogP contribution in [0.3, 0.4) is 0 Å². The number of methoxy groups -OCH3 is 1. The molecular formula is C19H23N5O2. The van der Waals surface area contributed by atoms with Gasteiger partial charge in [0.1, 0.15) is 0 Å². The predicted molar refractivity (Wildman–Crippen MR) is 97.1 cm³/mol. The van der Waals surface area contributed by atoms with E-state index in [9.17, 15) is 0 Å². The van der Waals surface area contributed by atoms with Gasteiger partial charge in [-0.25, -0.2) is 9.97 Å². The minimum atomic E-state index is 0.400. The number of hydrogen-bond donors (Lipinski definition) is 0. The Kier molecular flexibility index (Phi) is 5.08. The molecule has 136 valence electrons. The van der Waals surface area contributed by atoms with Crippen molar-refractivity contribution in [3.05, 3.63) is 54.4 Å². The van der Waals surface area contributed by atoms with E-state index in [1.54, 1.807) is 7.11 Å². The molecule has 1 fully saturated rings. The third-order valence-corrected chi connectivity index (χ3v) is 4.71. The van der Waals surface area contributed by atoms with Crippen molar-refractivity contribution in [2.24, 2.45) is 5.92 Å². The lowest BCUT2D eigenvalue weighted by Gasteiger charge is -2.23. The Morgan fingerprint density at radius 1 is 1.23 bits per heavy atom. The van der Waals surface area contributed by atoms with Gasteiger partial charge in [-0.3, -0.25) is 9.88 Å². The van der Waals surface area contributed by atoms with Crippen LogP contribution in [0.5, 0.6) is 6.01 Å². The normalized spacial score (nSPS) is 18.7. The molecule has 0 bridgehead atoms. The zero-order chi connectivity index (χ0) is 17.8. The standard InChI is InChI=1S/C19H23N5O2/c1-25-19-21-10-16(11-22-19)13-23-7-8-26-14-15(12-23)9-17-18-3-2-5-24(18)6-4-20-17/h2-6,10-11,15H,7-9,12-14H2,1H3/t15-/m1/s1. The van der Waals surface area contributed by atoms with E-state index in [0.717, 1.165) is 50.5 Å². The highest BCUT2D eigenvalue weighted by molar-refractivity contribution is 5.52. The van der Waals surface area contributed by atoms with E-state index in [0.29, 0.717) is 11.9 Å². The Hall–Kier alpha value is -2.51. The molecule has 1 saturated heterocycles. The molecule has 0 amide bonds. The van der Waals surface area contributed by atoms with Crippen LogP contribution in [-0.2, 0) is 17.7 Å². The molecule has 0 radical (unpaired) electrons. The van der Waals surface area contributed by atoms with Crippen molar-refractivity contribution in [3.8, 4) is 6.01 Å². The molecule has 4 heterocycles. The van der Waals surface area contributed by atoms with Gasteiger partial charge in [0.05, 0.1) is 31.5 Å². The van der Waals surface area contributed by atoms with Crippen LogP contribution in [0.2, 0.25) is 0 Å². The van der Waals surface area contributed by atoms with Crippen LogP contribution in [0, 0.1) is 5.92 Å². The Bertz CT molecular complexity index is 849. The minimum Gasteiger partial charge on any atom is -0.467 e. The Balaban J connectivity index is 1.44. The van der Waals surface area contributed by atoms with Crippen LogP contribution < -0.4 is 4.74 Å². The van der Waals surface area contributed by atoms with Crippen LogP contribution in [0.25, 0.3) is 5.52 Å². The lowest BCUT2D eigenvalue weighted by molar-refractivity contribution is 0.121. The molecule has 26 heavy (non-hydrogen) atoms. The predicted octanol–water partition coefficient (Wildman–Crippen LogP) is 1.82. The van der Waals surface area contributed by atoms with Gasteiger partial charge in [-0.1, -0.05) is 0 Å². The maximum absolute atomic E-state index is 5.85. The fourth-order valence-electron chi connectivity index (χ4n) is 3.47. The van der Waals surface area contributed by atoms with E-state index in [1.807, 2.05) is 24.8 Å². The second-order valence-electron chi connectivity index (χ2n) is 6.63. The van der Waals surface area contributed by atoms with Crippen LogP contribution >= 0.6 is 0 Å². The number of rotatable bonds is 5. The van der Waals surface area contributed by atoms with E-state index in [1.165, 1.54) is 5.52 Å². The summed E-state index contributed by atoms with van der Waals surface area (Å²) in [7, 11) is 1.57. The van der Waals surface area contributed by atoms with Crippen LogP contribution in [0.15, 0.2) is 43.1 Å². The van der Waals surface area contributed by atoms with E-state index >= 15 is 0 Å². The molecule has 1 aliphatic rings. The van der Waals surface area contributed by atoms with Gasteiger partial charge in [-0.05, 0) is 18.6 Å². The summed E-state index contributed by atoms with van der Waals surface area (Å²) < 4.78 is 13.0. The molecule has 4 rings (SSSR count). The molecular weight excluding hydrogens is 330 g/mol. The largest absolute Gasteiger partial charge is 0.467 e. The quantitative estimate of drug-likeness (QED) is 0.697. The zero-order valence-corrected chi connectivity index (χ0v) is 14.9. The van der Waals surface area contributed by atoms with Crippen molar-refractivity contribution < 1.29 is 9.47 Å². The Morgan fingerprint density at radius 3 is 2.96 bits per heavy atom. The summed E-state index contributed by atoms with van der Waals surface area (Å²) in [5.41, 5.74) is 3.38. The summed E-state index contributed by atoms with van der Waals surface area (Å²) in [4.78, 5) is 15.4. The molecule has 1 aliphatic heterocycles. The second kappa shape index (κ2) is 7.80. The van der Waals surface area contributed by atoms with Crippen molar-refractivity contribution in [3.63, 3.8) is 0 Å². The monoisotopic (exact) mass is 353 g/mol. The fraction of sp³-hybridized carbons (Fsp3) is 0.421. The topological polar surface area (TPSA) is 64.8 Å². The number of fused-ring (bicyclic) bond motifs is 1. The van der Waals surface area contributed by atoms with E-state index in [4.69, 9.17) is 9.47 Å². The van der Waals surface area contributed by atoms with E-state index in [2.05, 4.69) is 42.6 Å². The molecule has 1 atom stereocenters. The van der Waals surface area contributed by atoms with Crippen molar-refractivity contribution in [2.45, 2.75) is 13.0 Å². The van der Waals surface area contributed by atoms with Crippen molar-refractivity contribution in [1.29, 1.82) is 0 Å². The van der Waals surface area contributed by atoms with Crippen LogP contribution in [0.4, 0.5) is 0 Å². The lowest BCUT2D eigenvalue weighted by Crippen LogP contribution is -2.30. The Morgan fingerprint density at radius 2 is 2.12 bits per heavy atom. The molecule has 3 aromatic heterocycles. The number of nitrogens with zero attached hydrogens (tertiary/aromatic N) is 5. The van der Waals surface area contributed by atoms with Gasteiger partial charge in [0.25, 0.3) is 0 Å². The van der Waals surface area contributed by atoms with Crippen LogP contribution in [0.1, 0.15) is 11.3 Å². The van der Waals surface area contributed by atoms with Gasteiger partial charge < -0.3 is 13.9 Å². The molecule has 3 aromatic rings. The number of aromatic nitrogens is 4. The summed E-state index contributed by atoms with van der Waals surface area (Å²) in [6, 6.07) is 4.57. The van der Waals surface area contributed by atoms with E-state index < -0.39 is 0 Å². The molecule has 0 N–H and O–H groups in total. The number of ether oxygens (including phenoxy) is 2. The zero-order valence-electron chi connectivity index (χ0n) is 14.9. The first-order valence-corrected chi connectivity index (χ1v) is 8.87. The van der Waals surface area contributed by atoms with Gasteiger partial charge in [-0.15, -0.1) is 0 Å². The summed E-state index contributed by atoms with van der Waals surface area (Å²) in [5, 5.41) is 0. The average Bonchev–Trinajstić information content (AvgIpc) is 3.05. The first kappa shape index (κ1) is 16.9. The van der Waals surface area contributed by atoms with Gasteiger partial charge in [-0.2, -0.15) is 0 Å². The number of hydrogen-bond acceptors (Lipinski definition) is 6. The molecule has 0 unspecified atom stereocenters. The van der Waals surface area contributed by atoms with Crippen molar-refractivity contribution >= 4 is 5.52 Å². The SMILES string of the molecule is COc1ncc(CN2CCOC[C@H](Cc3nccn4cccc34)C2)cn1. The maximum Gasteiger partial charge on any atom is 0.316 e. The van der Waals surface area contributed by atoms with Gasteiger partial charge in [0, 0.05) is 62.1 Å². The third-order valence-electron chi connectivity index (χ3n) is 4.71. The van der Waals surface area contributed by atoms with Gasteiger partial charge in [0.15, 0.2) is 0 Å². The van der Waals surface area contributed by atoms with Crippen LogP contribution in [-0.4, -0.2) is 57.7 Å². The summed E-state index contributed by atoms with van der Waals surface area (Å²) in [6.07, 6.45) is 10.5. The highest BCUT2D eigenvalue weighted by atomic mass is 16.5. The van der Waals surface area contributed by atoms with Crippen molar-refractivity contribution in [2.75, 3.05) is 33.4 Å². The highest BCUT2D eigenvalue weighted by Crippen LogP contribution is 2.18. The lowest BCUT2D eigenvalue weighted by atomic mass is 10.0. The molecule has 0 aromatic carbocycles. The molecule has 0 aliphatic carbocycles. The minimum absolute atomic E-state index is 0.400. The summed E-state index contributed by atoms with van der Waals surface area (Å²) in [5.74, 6) is 0.408. The molecule has 0 saturated carbocycles. The molecule has 0 spiro atoms. The molecule has 7 nitrogen and oxygen atoms in total. The highest BCUT2D eigenvalue weighted by Gasteiger charge is 2.21. The van der Waals surface area contributed by atoms with Gasteiger partial charge >= 0.3 is 6.01 Å². The maximum atomic E-state index is 5.85. The molecule has 7 heteroatoms. The smallest absolute Gasteiger partial charge is 0.316 e. The first-order valence-electron chi connectivity index (χ1n) is 8.87.